The van der Waals surface area contributed by atoms with Crippen molar-refractivity contribution in [2.24, 2.45) is 0 Å². The Morgan fingerprint density at radius 2 is 2.36 bits per heavy atom. The van der Waals surface area contributed by atoms with Crippen LogP contribution in [0.5, 0.6) is 0 Å². The van der Waals surface area contributed by atoms with E-state index in [1.54, 1.807) is 0 Å². The summed E-state index contributed by atoms with van der Waals surface area (Å²) in [6.07, 6.45) is -1.61. The third-order valence-electron chi connectivity index (χ3n) is 0.817. The van der Waals surface area contributed by atoms with Crippen LogP contribution in [0.3, 0.4) is 0 Å². The van der Waals surface area contributed by atoms with E-state index in [2.05, 4.69) is 25.9 Å². The quantitative estimate of drug-likeness (QED) is 0.737. The van der Waals surface area contributed by atoms with Gasteiger partial charge >= 0.3 is 0 Å². The van der Waals surface area contributed by atoms with Gasteiger partial charge in [-0.1, -0.05) is 0 Å². The molecule has 5 heteroatoms. The van der Waals surface area contributed by atoms with Crippen molar-refractivity contribution >= 4 is 15.9 Å². The molecule has 0 saturated heterocycles. The molecule has 0 spiro atoms. The lowest BCUT2D eigenvalue weighted by Crippen LogP contribution is -2.09. The molecule has 0 aliphatic heterocycles. The summed E-state index contributed by atoms with van der Waals surface area (Å²) in [5.41, 5.74) is -1.32. The highest BCUT2D eigenvalue weighted by Gasteiger charge is 2.26. The Balaban J connectivity index is 3.39. The normalized spacial score (nSPS) is 19.4. The first-order chi connectivity index (χ1) is 7.07. The van der Waals surface area contributed by atoms with Gasteiger partial charge in [-0.05, 0) is 15.9 Å². The Morgan fingerprint density at radius 3 is 3.00 bits per heavy atom. The summed E-state index contributed by atoms with van der Waals surface area (Å²) in [6.45, 7) is -3.63. The SMILES string of the molecule is [2H]c1nc(C(F)(F)C([2H])([2H])[2H])c([2H])nc1Br. The molecule has 60 valence electrons. The Labute approximate surface area is 77.8 Å². The number of rotatable bonds is 1. The van der Waals surface area contributed by atoms with Crippen molar-refractivity contribution in [2.75, 3.05) is 0 Å². The second kappa shape index (κ2) is 2.81. The van der Waals surface area contributed by atoms with Gasteiger partial charge in [-0.15, -0.1) is 0 Å². The van der Waals surface area contributed by atoms with Gasteiger partial charge in [0, 0.05) is 11.0 Å². The molecule has 0 saturated carbocycles. The zero-order valence-electron chi connectivity index (χ0n) is 10.0. The lowest BCUT2D eigenvalue weighted by Gasteiger charge is -2.07. The van der Waals surface area contributed by atoms with Crippen molar-refractivity contribution in [1.29, 1.82) is 0 Å². The van der Waals surface area contributed by atoms with Crippen LogP contribution >= 0.6 is 15.9 Å². The molecule has 2 nitrogen and oxygen atoms in total. The molecule has 0 unspecified atom stereocenters. The molecule has 0 N–H and O–H groups in total. The van der Waals surface area contributed by atoms with Crippen molar-refractivity contribution in [1.82, 2.24) is 9.97 Å². The van der Waals surface area contributed by atoms with Crippen LogP contribution in [0.1, 0.15) is 19.4 Å². The molecule has 0 bridgehead atoms. The average Bonchev–Trinajstić information content (AvgIpc) is 2.09. The first-order valence-corrected chi connectivity index (χ1v) is 3.25. The van der Waals surface area contributed by atoms with Crippen molar-refractivity contribution in [3.8, 4) is 0 Å². The van der Waals surface area contributed by atoms with E-state index >= 15 is 0 Å². The van der Waals surface area contributed by atoms with Gasteiger partial charge in [0.25, 0.3) is 5.92 Å². The zero-order valence-corrected chi connectivity index (χ0v) is 6.61. The monoisotopic (exact) mass is 227 g/mol. The van der Waals surface area contributed by atoms with Gasteiger partial charge in [0.2, 0.25) is 0 Å². The first kappa shape index (κ1) is 3.89. The summed E-state index contributed by atoms with van der Waals surface area (Å²) in [7, 11) is 0. The zero-order chi connectivity index (χ0) is 12.7. The van der Waals surface area contributed by atoms with Gasteiger partial charge in [0.05, 0.1) is 15.1 Å². The van der Waals surface area contributed by atoms with E-state index in [4.69, 9.17) is 6.85 Å². The van der Waals surface area contributed by atoms with Crippen LogP contribution < -0.4 is 0 Å². The van der Waals surface area contributed by atoms with Crippen molar-refractivity contribution in [2.45, 2.75) is 12.8 Å². The third kappa shape index (κ3) is 2.18. The summed E-state index contributed by atoms with van der Waals surface area (Å²) >= 11 is 2.73. The molecular weight excluding hydrogens is 218 g/mol. The first-order valence-electron chi connectivity index (χ1n) is 4.96. The molecular formula is C6H5BrF2N2. The van der Waals surface area contributed by atoms with Crippen molar-refractivity contribution < 1.29 is 15.6 Å². The van der Waals surface area contributed by atoms with Crippen LogP contribution in [0.4, 0.5) is 8.78 Å². The molecule has 11 heavy (non-hydrogen) atoms. The van der Waals surface area contributed by atoms with E-state index in [0.717, 1.165) is 0 Å². The fourth-order valence-corrected chi connectivity index (χ4v) is 0.572. The van der Waals surface area contributed by atoms with Crippen molar-refractivity contribution in [3.05, 3.63) is 22.6 Å². The lowest BCUT2D eigenvalue weighted by atomic mass is 10.3. The molecule has 1 heterocycles. The Hall–Kier alpha value is -0.580. The van der Waals surface area contributed by atoms with Crippen LogP contribution in [0.15, 0.2) is 16.9 Å². The highest BCUT2D eigenvalue weighted by molar-refractivity contribution is 9.10. The number of hydrogen-bond acceptors (Lipinski definition) is 2. The molecule has 0 atom stereocenters. The van der Waals surface area contributed by atoms with E-state index < -0.39 is 30.8 Å². The average molecular weight is 228 g/mol. The molecule has 0 fully saturated rings. The van der Waals surface area contributed by atoms with Crippen LogP contribution in [-0.4, -0.2) is 9.97 Å². The summed E-state index contributed by atoms with van der Waals surface area (Å²) < 4.78 is 60.7. The smallest absolute Gasteiger partial charge is 0.251 e. The van der Waals surface area contributed by atoms with E-state index in [1.807, 2.05) is 0 Å². The molecule has 0 aliphatic rings. The maximum absolute atomic E-state index is 13.4. The second-order valence-corrected chi connectivity index (χ2v) is 2.41. The van der Waals surface area contributed by atoms with Gasteiger partial charge in [-0.3, -0.25) is 4.98 Å². The molecule has 1 rings (SSSR count). The maximum atomic E-state index is 13.4. The Kier molecular flexibility index (Phi) is 0.993. The highest BCUT2D eigenvalue weighted by atomic mass is 79.9. The predicted molar refractivity (Wildman–Crippen MR) is 39.3 cm³/mol. The van der Waals surface area contributed by atoms with E-state index in [1.165, 1.54) is 0 Å². The van der Waals surface area contributed by atoms with Gasteiger partial charge in [0.1, 0.15) is 10.3 Å². The minimum absolute atomic E-state index is 0.192. The number of alkyl halides is 2. The van der Waals surface area contributed by atoms with E-state index in [9.17, 15) is 8.78 Å². The summed E-state index contributed by atoms with van der Waals surface area (Å²) in [5, 5.41) is 0. The number of aromatic nitrogens is 2. The summed E-state index contributed by atoms with van der Waals surface area (Å²) in [6, 6.07) is 0. The highest BCUT2D eigenvalue weighted by Crippen LogP contribution is 2.24. The Bertz CT molecular complexity index is 422. The maximum Gasteiger partial charge on any atom is 0.288 e. The summed E-state index contributed by atoms with van der Waals surface area (Å²) in [4.78, 5) is 6.33. The summed E-state index contributed by atoms with van der Waals surface area (Å²) in [5.74, 6) is -4.30. The Morgan fingerprint density at radius 1 is 1.64 bits per heavy atom. The lowest BCUT2D eigenvalue weighted by molar-refractivity contribution is 0.0123. The topological polar surface area (TPSA) is 25.8 Å². The molecule has 1 aromatic rings. The standard InChI is InChI=1S/C6H5BrF2N2/c1-6(8,9)4-2-11-5(7)3-10-4/h2-3H,1H3/i1D3,2D,3D. The van der Waals surface area contributed by atoms with Gasteiger partial charge in [-0.25, -0.2) is 4.98 Å². The molecule has 0 radical (unpaired) electrons. The second-order valence-electron chi connectivity index (χ2n) is 1.66. The van der Waals surface area contributed by atoms with Crippen molar-refractivity contribution in [3.63, 3.8) is 0 Å². The van der Waals surface area contributed by atoms with Crippen LogP contribution in [0, 0.1) is 0 Å². The van der Waals surface area contributed by atoms with Gasteiger partial charge in [0.15, 0.2) is 0 Å². The largest absolute Gasteiger partial charge is 0.288 e. The predicted octanol–water partition coefficient (Wildman–Crippen LogP) is 2.35. The van der Waals surface area contributed by atoms with E-state index in [-0.39, 0.29) is 4.60 Å². The minimum atomic E-state index is -4.30. The van der Waals surface area contributed by atoms with Gasteiger partial charge in [-0.2, -0.15) is 8.78 Å². The molecule has 1 aromatic heterocycles. The third-order valence-corrected chi connectivity index (χ3v) is 1.17. The van der Waals surface area contributed by atoms with Crippen LogP contribution in [0.25, 0.3) is 0 Å². The number of nitrogens with zero attached hydrogens (tertiary/aromatic N) is 2. The fourth-order valence-electron chi connectivity index (χ4n) is 0.394. The fraction of sp³-hybridized carbons (Fsp3) is 0.333. The van der Waals surface area contributed by atoms with E-state index in [0.29, 0.717) is 0 Å². The molecule has 0 aliphatic carbocycles. The van der Waals surface area contributed by atoms with Crippen LogP contribution in [0.2, 0.25) is 0 Å². The molecule has 0 aromatic carbocycles. The number of hydrogen-bond donors (Lipinski definition) is 0. The van der Waals surface area contributed by atoms with Crippen LogP contribution in [-0.2, 0) is 5.92 Å². The minimum Gasteiger partial charge on any atom is -0.251 e. The van der Waals surface area contributed by atoms with Gasteiger partial charge < -0.3 is 0 Å². The number of halogens is 3. The molecule has 0 amide bonds.